The molecular weight excluding hydrogens is 1300 g/mol. The van der Waals surface area contributed by atoms with Crippen molar-refractivity contribution in [2.75, 3.05) is 152 Å². The van der Waals surface area contributed by atoms with Gasteiger partial charge in [0.15, 0.2) is 17.2 Å². The number of hydrogen-bond acceptors (Lipinski definition) is 31. The quantitative estimate of drug-likeness (QED) is 0.0250. The van der Waals surface area contributed by atoms with Crippen LogP contribution < -0.4 is 48.6 Å². The number of nitrogens with one attached hydrogen (secondary N) is 9. The van der Waals surface area contributed by atoms with Gasteiger partial charge in [-0.2, -0.15) is 0 Å². The number of aliphatic hydroxyl groups excluding tert-OH is 12. The first-order valence-electron chi connectivity index (χ1n) is 30.4. The number of aliphatic hydroxyl groups is 12. The molecule has 1 unspecified atom stereocenters. The molecular formula is C57H90N10O30. The van der Waals surface area contributed by atoms with Crippen molar-refractivity contribution in [1.82, 2.24) is 51.8 Å². The van der Waals surface area contributed by atoms with Crippen LogP contribution in [0.4, 0.5) is 0 Å². The largest absolute Gasteiger partial charge is 0.502 e. The number of aromatic nitrogens is 3. The van der Waals surface area contributed by atoms with Gasteiger partial charge in [-0.25, -0.2) is 0 Å². The van der Waals surface area contributed by atoms with Crippen LogP contribution in [-0.2, 0) is 28.4 Å². The first-order valence-corrected chi connectivity index (χ1v) is 30.4. The summed E-state index contributed by atoms with van der Waals surface area (Å²) in [5, 5.41) is 161. The van der Waals surface area contributed by atoms with Crippen molar-refractivity contribution in [3.05, 3.63) is 83.0 Å². The zero-order valence-corrected chi connectivity index (χ0v) is 53.0. The van der Waals surface area contributed by atoms with Gasteiger partial charge in [0.1, 0.15) is 53.7 Å². The predicted molar refractivity (Wildman–Crippen MR) is 331 cm³/mol. The van der Waals surface area contributed by atoms with Crippen molar-refractivity contribution in [2.24, 2.45) is 0 Å². The summed E-state index contributed by atoms with van der Waals surface area (Å²) in [4.78, 5) is 130. The van der Waals surface area contributed by atoms with Crippen molar-refractivity contribution in [3.63, 3.8) is 0 Å². The van der Waals surface area contributed by atoms with Gasteiger partial charge in [0.2, 0.25) is 0 Å². The molecule has 3 heterocycles. The molecule has 0 radical (unpaired) electrons. The van der Waals surface area contributed by atoms with Crippen LogP contribution in [0, 0.1) is 0 Å². The Balaban J connectivity index is 2.01. The number of hydrogen-bond donors (Lipinski definition) is 24. The fourth-order valence-electron chi connectivity index (χ4n) is 8.49. The van der Waals surface area contributed by atoms with Crippen LogP contribution in [0.25, 0.3) is 0 Å². The molecule has 0 saturated heterocycles. The van der Waals surface area contributed by atoms with Gasteiger partial charge >= 0.3 is 0 Å². The second-order valence-corrected chi connectivity index (χ2v) is 21.5. The highest BCUT2D eigenvalue weighted by Gasteiger charge is 2.29. The van der Waals surface area contributed by atoms with E-state index in [2.05, 4.69) is 46.9 Å². The van der Waals surface area contributed by atoms with Gasteiger partial charge < -0.3 is 152 Å². The number of nitrogens with zero attached hydrogens (tertiary/aromatic N) is 1. The van der Waals surface area contributed by atoms with E-state index in [1.54, 1.807) is 6.92 Å². The Morgan fingerprint density at radius 3 is 0.856 bits per heavy atom. The summed E-state index contributed by atoms with van der Waals surface area (Å²) in [6.07, 6.45) is -6.18. The summed E-state index contributed by atoms with van der Waals surface area (Å²) in [7, 11) is 0. The standard InChI is InChI=1S/C57H90N10O30/c1-2-3-30(60-51(85)42-10-45(66-57(91)48(42)82)54(88)63-33(28-96-38(20-76)21-77)29-97-39(22-78)23-79)11-67(6-4-58-49(83)40-8-43(64-55(89)46(40)80)52(86)61-31(24-92-34(12-68)13-69)25-93-35(14-70)15-71)7-5-59-50(84)41-9-44(65-56(90)47(41)81)53(87)62-32(26-94-36(16-72)17-73)27-95-37(18-74)19-75/h8-10,30-39,68-82H,2-7,11-29H2,1H3,(H,58,83)(H,59,84)(H,60,85)(H,61,86)(H,62,87)(H,63,88)(H,64,89)(H,65,90)(H,66,91). The lowest BCUT2D eigenvalue weighted by Crippen LogP contribution is -2.48. The molecule has 40 heteroatoms. The number of rotatable bonds is 50. The van der Waals surface area contributed by atoms with Crippen LogP contribution >= 0.6 is 0 Å². The van der Waals surface area contributed by atoms with Crippen LogP contribution in [0.5, 0.6) is 17.2 Å². The minimum atomic E-state index is -1.31. The Morgan fingerprint density at radius 2 is 0.619 bits per heavy atom. The maximum atomic E-state index is 14.1. The number of ether oxygens (including phenoxy) is 6. The molecule has 0 aliphatic rings. The number of amides is 6. The van der Waals surface area contributed by atoms with E-state index in [4.69, 9.17) is 28.4 Å². The zero-order valence-electron chi connectivity index (χ0n) is 53.0. The summed E-state index contributed by atoms with van der Waals surface area (Å²) in [6.45, 7) is -9.98. The van der Waals surface area contributed by atoms with Crippen LogP contribution in [-0.4, -0.2) is 344 Å². The average Bonchev–Trinajstić information content (AvgIpc) is 0.850. The predicted octanol–water partition coefficient (Wildman–Crippen LogP) is -10.6. The summed E-state index contributed by atoms with van der Waals surface area (Å²) >= 11 is 0. The van der Waals surface area contributed by atoms with E-state index in [1.807, 2.05) is 0 Å². The third-order valence-corrected chi connectivity index (χ3v) is 14.0. The van der Waals surface area contributed by atoms with Crippen molar-refractivity contribution in [3.8, 4) is 17.2 Å². The average molecular weight is 1400 g/mol. The van der Waals surface area contributed by atoms with Crippen LogP contribution in [0.3, 0.4) is 0 Å². The molecule has 3 aromatic heterocycles. The fraction of sp³-hybridized carbons (Fsp3) is 0.632. The minimum Gasteiger partial charge on any atom is -0.502 e. The first kappa shape index (κ1) is 83.5. The van der Waals surface area contributed by atoms with E-state index in [1.165, 1.54) is 4.90 Å². The number of pyridine rings is 3. The highest BCUT2D eigenvalue weighted by molar-refractivity contribution is 6.02. The van der Waals surface area contributed by atoms with E-state index in [0.29, 0.717) is 6.42 Å². The van der Waals surface area contributed by atoms with Gasteiger partial charge in [0, 0.05) is 38.8 Å². The van der Waals surface area contributed by atoms with Crippen molar-refractivity contribution in [1.29, 1.82) is 0 Å². The normalized spacial score (nSPS) is 12.2. The molecule has 0 bridgehead atoms. The first-order chi connectivity index (χ1) is 46.4. The highest BCUT2D eigenvalue weighted by atomic mass is 16.5. The molecule has 3 rings (SSSR count). The monoisotopic (exact) mass is 1390 g/mol. The Hall–Kier alpha value is -7.69. The summed E-state index contributed by atoms with van der Waals surface area (Å²) in [5.41, 5.74) is -7.89. The topological polar surface area (TPSA) is 635 Å². The Labute approximate surface area is 552 Å². The molecule has 24 N–H and O–H groups in total. The molecule has 1 atom stereocenters. The van der Waals surface area contributed by atoms with Gasteiger partial charge in [-0.1, -0.05) is 13.3 Å². The van der Waals surface area contributed by atoms with Gasteiger partial charge in [0.25, 0.3) is 52.1 Å². The number of aromatic amines is 3. The van der Waals surface area contributed by atoms with Gasteiger partial charge in [-0.15, -0.1) is 0 Å². The second kappa shape index (κ2) is 45.0. The smallest absolute Gasteiger partial charge is 0.291 e. The van der Waals surface area contributed by atoms with Crippen molar-refractivity contribution < 1.29 is 134 Å². The third-order valence-electron chi connectivity index (χ3n) is 14.0. The molecule has 0 aliphatic heterocycles. The number of carbonyl (C=O) groups excluding carboxylic acids is 6. The Kier molecular flexibility index (Phi) is 38.8. The van der Waals surface area contributed by atoms with E-state index < -0.39 is 296 Å². The summed E-state index contributed by atoms with van der Waals surface area (Å²) in [6, 6.07) is -1.96. The van der Waals surface area contributed by atoms with E-state index >= 15 is 0 Å². The van der Waals surface area contributed by atoms with E-state index in [-0.39, 0.29) is 26.1 Å². The molecule has 0 aliphatic carbocycles. The molecule has 0 fully saturated rings. The molecule has 6 amide bonds. The fourth-order valence-corrected chi connectivity index (χ4v) is 8.49. The molecule has 0 spiro atoms. The zero-order chi connectivity index (χ0) is 72.1. The lowest BCUT2D eigenvalue weighted by Gasteiger charge is -2.28. The van der Waals surface area contributed by atoms with Gasteiger partial charge in [-0.3, -0.25) is 48.1 Å². The summed E-state index contributed by atoms with van der Waals surface area (Å²) in [5.74, 6) is -10.1. The molecule has 3 aromatic rings. The van der Waals surface area contributed by atoms with Crippen LogP contribution in [0.1, 0.15) is 82.3 Å². The maximum absolute atomic E-state index is 14.1. The lowest BCUT2D eigenvalue weighted by atomic mass is 10.1. The number of carbonyl (C=O) groups is 6. The van der Waals surface area contributed by atoms with Crippen molar-refractivity contribution >= 4 is 35.4 Å². The Morgan fingerprint density at radius 1 is 0.381 bits per heavy atom. The minimum absolute atomic E-state index is 0.125. The molecule has 0 saturated carbocycles. The van der Waals surface area contributed by atoms with Gasteiger partial charge in [0.05, 0.1) is 154 Å². The molecule has 0 aromatic carbocycles. The maximum Gasteiger partial charge on any atom is 0.291 e. The third kappa shape index (κ3) is 28.0. The molecule has 40 nitrogen and oxygen atoms in total. The SMILES string of the molecule is CCCC(CN(CCNC(=O)c1cc(C(=O)NC(COC(CO)CO)COC(CO)CO)[nH]c(=O)c1O)CCNC(=O)c1cc(C(=O)NC(COC(CO)CO)COC(CO)CO)[nH]c(=O)c1O)NC(=O)c1cc(C(=O)NC(COC(CO)CO)COC(CO)CO)[nH]c(=O)c1O. The molecule has 548 valence electrons. The number of aromatic hydroxyl groups is 3. The summed E-state index contributed by atoms with van der Waals surface area (Å²) < 4.78 is 32.4. The number of H-pyrrole nitrogens is 3. The van der Waals surface area contributed by atoms with E-state index in [9.17, 15) is 120 Å². The van der Waals surface area contributed by atoms with Gasteiger partial charge in [-0.05, 0) is 24.6 Å². The highest BCUT2D eigenvalue weighted by Crippen LogP contribution is 2.17. The Bertz CT molecular complexity index is 2900. The van der Waals surface area contributed by atoms with Crippen molar-refractivity contribution in [2.45, 2.75) is 80.6 Å². The van der Waals surface area contributed by atoms with Crippen LogP contribution in [0.15, 0.2) is 32.6 Å². The molecule has 97 heavy (non-hydrogen) atoms. The lowest BCUT2D eigenvalue weighted by molar-refractivity contribution is -0.0582. The van der Waals surface area contributed by atoms with E-state index in [0.717, 1.165) is 18.2 Å². The van der Waals surface area contributed by atoms with Crippen LogP contribution in [0.2, 0.25) is 0 Å². The second-order valence-electron chi connectivity index (χ2n) is 21.5.